The molecule has 1 amide bonds. The number of benzene rings is 1. The normalized spacial score (nSPS) is 22.9. The maximum atomic E-state index is 12.8. The Morgan fingerprint density at radius 1 is 1.24 bits per heavy atom. The molecule has 1 aliphatic heterocycles. The number of piperazine rings is 1. The monoisotopic (exact) mass is 288 g/mol. The van der Waals surface area contributed by atoms with Crippen molar-refractivity contribution in [3.05, 3.63) is 35.9 Å². The lowest BCUT2D eigenvalue weighted by molar-refractivity contribution is 0.0495. The molecular formula is C18H28N2O. The highest BCUT2D eigenvalue weighted by Gasteiger charge is 2.33. The first-order valence-electron chi connectivity index (χ1n) is 8.08. The number of hydrogen-bond acceptors (Lipinski definition) is 2. The predicted octanol–water partition coefficient (Wildman–Crippen LogP) is 3.17. The highest BCUT2D eigenvalue weighted by atomic mass is 16.2. The molecule has 2 rings (SSSR count). The summed E-state index contributed by atoms with van der Waals surface area (Å²) in [5.41, 5.74) is 0.799. The maximum Gasteiger partial charge on any atom is 0.254 e. The minimum atomic E-state index is 0.171. The van der Waals surface area contributed by atoms with E-state index in [4.69, 9.17) is 0 Å². The van der Waals surface area contributed by atoms with Gasteiger partial charge in [0, 0.05) is 30.7 Å². The summed E-state index contributed by atoms with van der Waals surface area (Å²) < 4.78 is 0. The number of carbonyl (C=O) groups excluding carboxylic acids is 1. The Labute approximate surface area is 128 Å². The molecule has 0 bridgehead atoms. The molecule has 0 radical (unpaired) electrons. The molecule has 0 aliphatic carbocycles. The number of nitrogens with zero attached hydrogens (tertiary/aromatic N) is 1. The Balaban J connectivity index is 2.16. The van der Waals surface area contributed by atoms with Crippen molar-refractivity contribution in [3.8, 4) is 0 Å². The van der Waals surface area contributed by atoms with Gasteiger partial charge in [0.15, 0.2) is 0 Å². The Morgan fingerprint density at radius 2 is 1.90 bits per heavy atom. The van der Waals surface area contributed by atoms with E-state index in [0.29, 0.717) is 17.9 Å². The summed E-state index contributed by atoms with van der Waals surface area (Å²) in [6.45, 7) is 10.6. The van der Waals surface area contributed by atoms with E-state index in [1.165, 1.54) is 0 Å². The average Bonchev–Trinajstić information content (AvgIpc) is 2.46. The van der Waals surface area contributed by atoms with Crippen molar-refractivity contribution < 1.29 is 4.79 Å². The number of amides is 1. The van der Waals surface area contributed by atoms with Crippen molar-refractivity contribution in [1.82, 2.24) is 10.2 Å². The second kappa shape index (κ2) is 7.08. The van der Waals surface area contributed by atoms with Crippen LogP contribution in [0.1, 0.15) is 44.5 Å². The molecule has 1 N–H and O–H groups in total. The van der Waals surface area contributed by atoms with Crippen LogP contribution in [0.25, 0.3) is 0 Å². The van der Waals surface area contributed by atoms with Gasteiger partial charge in [0.1, 0.15) is 0 Å². The van der Waals surface area contributed by atoms with Crippen molar-refractivity contribution in [3.63, 3.8) is 0 Å². The Morgan fingerprint density at radius 3 is 2.48 bits per heavy atom. The van der Waals surface area contributed by atoms with E-state index in [1.807, 2.05) is 30.3 Å². The van der Waals surface area contributed by atoms with Crippen LogP contribution in [0.4, 0.5) is 0 Å². The Kier molecular flexibility index (Phi) is 5.40. The number of carbonyl (C=O) groups is 1. The van der Waals surface area contributed by atoms with E-state index >= 15 is 0 Å². The molecule has 1 saturated heterocycles. The summed E-state index contributed by atoms with van der Waals surface area (Å²) >= 11 is 0. The highest BCUT2D eigenvalue weighted by molar-refractivity contribution is 5.94. The lowest BCUT2D eigenvalue weighted by atomic mass is 9.94. The van der Waals surface area contributed by atoms with E-state index in [0.717, 1.165) is 25.1 Å². The lowest BCUT2D eigenvalue weighted by Gasteiger charge is -2.43. The quantitative estimate of drug-likeness (QED) is 0.923. The SMILES string of the molecule is CC(C)CC1CN(C(=O)c2ccccc2)C(C(C)C)CN1. The van der Waals surface area contributed by atoms with Gasteiger partial charge in [-0.3, -0.25) is 4.79 Å². The van der Waals surface area contributed by atoms with Crippen molar-refractivity contribution in [2.24, 2.45) is 11.8 Å². The average molecular weight is 288 g/mol. The molecule has 1 aliphatic rings. The van der Waals surface area contributed by atoms with E-state index in [2.05, 4.69) is 37.9 Å². The van der Waals surface area contributed by atoms with Gasteiger partial charge in [-0.2, -0.15) is 0 Å². The summed E-state index contributed by atoms with van der Waals surface area (Å²) in [7, 11) is 0. The zero-order valence-corrected chi connectivity index (χ0v) is 13.7. The molecule has 1 aromatic carbocycles. The molecule has 1 heterocycles. The molecule has 3 heteroatoms. The molecule has 3 nitrogen and oxygen atoms in total. The van der Waals surface area contributed by atoms with E-state index in [-0.39, 0.29) is 11.9 Å². The summed E-state index contributed by atoms with van der Waals surface area (Å²) in [5.74, 6) is 1.28. The van der Waals surface area contributed by atoms with Gasteiger partial charge in [0.05, 0.1) is 0 Å². The Hall–Kier alpha value is -1.35. The number of hydrogen-bond donors (Lipinski definition) is 1. The first kappa shape index (κ1) is 16.0. The first-order chi connectivity index (χ1) is 9.99. The van der Waals surface area contributed by atoms with Crippen LogP contribution in [-0.2, 0) is 0 Å². The second-order valence-corrected chi connectivity index (χ2v) is 6.87. The topological polar surface area (TPSA) is 32.3 Å². The number of nitrogens with one attached hydrogen (secondary N) is 1. The minimum Gasteiger partial charge on any atom is -0.333 e. The van der Waals surface area contributed by atoms with Crippen molar-refractivity contribution in [2.45, 2.75) is 46.2 Å². The van der Waals surface area contributed by atoms with Crippen molar-refractivity contribution in [1.29, 1.82) is 0 Å². The van der Waals surface area contributed by atoms with Gasteiger partial charge in [-0.05, 0) is 30.4 Å². The third-order valence-corrected chi connectivity index (χ3v) is 4.24. The Bertz CT molecular complexity index is 456. The molecule has 116 valence electrons. The van der Waals surface area contributed by atoms with Gasteiger partial charge < -0.3 is 10.2 Å². The second-order valence-electron chi connectivity index (χ2n) is 6.87. The van der Waals surface area contributed by atoms with Crippen LogP contribution < -0.4 is 5.32 Å². The van der Waals surface area contributed by atoms with Crippen LogP contribution in [0, 0.1) is 11.8 Å². The zero-order chi connectivity index (χ0) is 15.4. The largest absolute Gasteiger partial charge is 0.333 e. The molecule has 1 aromatic rings. The first-order valence-corrected chi connectivity index (χ1v) is 8.08. The van der Waals surface area contributed by atoms with Crippen LogP contribution in [0.5, 0.6) is 0 Å². The third-order valence-electron chi connectivity index (χ3n) is 4.24. The number of rotatable bonds is 4. The van der Waals surface area contributed by atoms with Gasteiger partial charge in [-0.1, -0.05) is 45.9 Å². The molecule has 0 saturated carbocycles. The van der Waals surface area contributed by atoms with Crippen molar-refractivity contribution >= 4 is 5.91 Å². The standard InChI is InChI=1S/C18H28N2O/c1-13(2)10-16-12-20(17(11-19-16)14(3)4)18(21)15-8-6-5-7-9-15/h5-9,13-14,16-17,19H,10-12H2,1-4H3. The van der Waals surface area contributed by atoms with Gasteiger partial charge >= 0.3 is 0 Å². The van der Waals surface area contributed by atoms with Crippen LogP contribution in [0.3, 0.4) is 0 Å². The maximum absolute atomic E-state index is 12.8. The molecule has 2 atom stereocenters. The molecule has 0 aromatic heterocycles. The third kappa shape index (κ3) is 4.07. The molecular weight excluding hydrogens is 260 g/mol. The minimum absolute atomic E-state index is 0.171. The summed E-state index contributed by atoms with van der Waals surface area (Å²) in [4.78, 5) is 14.9. The fourth-order valence-electron chi connectivity index (χ4n) is 3.14. The molecule has 2 unspecified atom stereocenters. The van der Waals surface area contributed by atoms with E-state index in [1.54, 1.807) is 0 Å². The van der Waals surface area contributed by atoms with Crippen molar-refractivity contribution in [2.75, 3.05) is 13.1 Å². The molecule has 0 spiro atoms. The lowest BCUT2D eigenvalue weighted by Crippen LogP contribution is -2.60. The van der Waals surface area contributed by atoms with Gasteiger partial charge in [-0.25, -0.2) is 0 Å². The summed E-state index contributed by atoms with van der Waals surface area (Å²) in [6, 6.07) is 10.3. The van der Waals surface area contributed by atoms with Crippen LogP contribution >= 0.6 is 0 Å². The predicted molar refractivity (Wildman–Crippen MR) is 87.4 cm³/mol. The van der Waals surface area contributed by atoms with E-state index in [9.17, 15) is 4.79 Å². The van der Waals surface area contributed by atoms with Crippen LogP contribution in [0.2, 0.25) is 0 Å². The van der Waals surface area contributed by atoms with E-state index < -0.39 is 0 Å². The highest BCUT2D eigenvalue weighted by Crippen LogP contribution is 2.20. The van der Waals surface area contributed by atoms with Crippen LogP contribution in [0.15, 0.2) is 30.3 Å². The summed E-state index contributed by atoms with van der Waals surface area (Å²) in [5, 5.41) is 3.62. The molecule has 1 fully saturated rings. The van der Waals surface area contributed by atoms with Gasteiger partial charge in [-0.15, -0.1) is 0 Å². The summed E-state index contributed by atoms with van der Waals surface area (Å²) in [6.07, 6.45) is 1.11. The fraction of sp³-hybridized carbons (Fsp3) is 0.611. The fourth-order valence-corrected chi connectivity index (χ4v) is 3.14. The smallest absolute Gasteiger partial charge is 0.254 e. The molecule has 21 heavy (non-hydrogen) atoms. The zero-order valence-electron chi connectivity index (χ0n) is 13.7. The van der Waals surface area contributed by atoms with Gasteiger partial charge in [0.2, 0.25) is 0 Å². The van der Waals surface area contributed by atoms with Gasteiger partial charge in [0.25, 0.3) is 5.91 Å². The van der Waals surface area contributed by atoms with Crippen LogP contribution in [-0.4, -0.2) is 36.0 Å².